The van der Waals surface area contributed by atoms with Crippen molar-refractivity contribution in [1.29, 1.82) is 0 Å². The highest BCUT2D eigenvalue weighted by atomic mass is 32.2. The summed E-state index contributed by atoms with van der Waals surface area (Å²) in [4.78, 5) is 34.0. The number of nitrogens with one attached hydrogen (secondary N) is 1. The molecule has 2 saturated carbocycles. The van der Waals surface area contributed by atoms with E-state index in [1.807, 2.05) is 6.07 Å². The highest BCUT2D eigenvalue weighted by Gasteiger charge is 2.56. The van der Waals surface area contributed by atoms with Gasteiger partial charge in [0.15, 0.2) is 0 Å². The Hall–Kier alpha value is -3.28. The van der Waals surface area contributed by atoms with Gasteiger partial charge in [-0.3, -0.25) is 9.10 Å². The second-order valence-corrected chi connectivity index (χ2v) is 13.7. The monoisotopic (exact) mass is 559 g/mol. The number of nitrogens with zero attached hydrogens (tertiary/aromatic N) is 4. The van der Waals surface area contributed by atoms with Crippen LogP contribution >= 0.6 is 0 Å². The van der Waals surface area contributed by atoms with Gasteiger partial charge >= 0.3 is 6.03 Å². The van der Waals surface area contributed by atoms with Crippen LogP contribution < -0.4 is 14.5 Å². The highest BCUT2D eigenvalue weighted by Crippen LogP contribution is 2.54. The van der Waals surface area contributed by atoms with E-state index in [2.05, 4.69) is 10.3 Å². The lowest BCUT2D eigenvalue weighted by molar-refractivity contribution is -0.123. The third kappa shape index (κ3) is 4.14. The zero-order chi connectivity index (χ0) is 28.0. The topological polar surface area (TPSA) is 103 Å². The average Bonchev–Trinajstić information content (AvgIpc) is 3.22. The number of aromatic nitrogens is 1. The van der Waals surface area contributed by atoms with Crippen molar-refractivity contribution in [3.63, 3.8) is 0 Å². The van der Waals surface area contributed by atoms with Crippen molar-refractivity contribution in [1.82, 2.24) is 9.88 Å². The van der Waals surface area contributed by atoms with Gasteiger partial charge in [0.25, 0.3) is 11.8 Å². The van der Waals surface area contributed by atoms with Crippen molar-refractivity contribution in [3.05, 3.63) is 47.7 Å². The van der Waals surface area contributed by atoms with E-state index in [0.717, 1.165) is 29.7 Å². The average molecular weight is 560 g/mol. The first-order valence-electron chi connectivity index (χ1n) is 13.1. The van der Waals surface area contributed by atoms with Gasteiger partial charge in [0.1, 0.15) is 11.4 Å². The van der Waals surface area contributed by atoms with Crippen LogP contribution in [0, 0.1) is 5.92 Å². The molecule has 0 bridgehead atoms. The molecule has 1 atom stereocenters. The Balaban J connectivity index is 1.26. The maximum Gasteiger partial charge on any atom is 0.332 e. The Kier molecular flexibility index (Phi) is 5.57. The van der Waals surface area contributed by atoms with Crippen molar-refractivity contribution in [3.8, 4) is 0 Å². The smallest absolute Gasteiger partial charge is 0.332 e. The Bertz CT molecular complexity index is 1490. The predicted octanol–water partition coefficient (Wildman–Crippen LogP) is 4.10. The molecule has 3 amide bonds. The van der Waals surface area contributed by atoms with E-state index in [1.165, 1.54) is 21.7 Å². The highest BCUT2D eigenvalue weighted by molar-refractivity contribution is 7.92. The number of amides is 3. The zero-order valence-electron chi connectivity index (χ0n) is 22.1. The largest absolute Gasteiger partial charge is 0.370 e. The second kappa shape index (κ2) is 8.36. The van der Waals surface area contributed by atoms with Crippen molar-refractivity contribution >= 4 is 39.2 Å². The van der Waals surface area contributed by atoms with Gasteiger partial charge in [0.2, 0.25) is 10.0 Å². The summed E-state index contributed by atoms with van der Waals surface area (Å²) >= 11 is 0. The molecule has 1 saturated heterocycles. The number of sulfonamides is 1. The lowest BCUT2D eigenvalue weighted by Gasteiger charge is -2.38. The lowest BCUT2D eigenvalue weighted by atomic mass is 9.66. The number of imide groups is 1. The first-order chi connectivity index (χ1) is 18.2. The Morgan fingerprint density at radius 1 is 1.13 bits per heavy atom. The minimum Gasteiger partial charge on any atom is -0.370 e. The number of fused-ring (bicyclic) bond motifs is 2. The van der Waals surface area contributed by atoms with Crippen LogP contribution in [-0.4, -0.2) is 61.0 Å². The molecule has 6 rings (SSSR count). The summed E-state index contributed by atoms with van der Waals surface area (Å²) in [7, 11) is -3.54. The molecule has 1 unspecified atom stereocenters. The van der Waals surface area contributed by atoms with Crippen molar-refractivity contribution < 1.29 is 26.8 Å². The number of urea groups is 1. The Labute approximate surface area is 226 Å². The van der Waals surface area contributed by atoms with Gasteiger partial charge in [-0.15, -0.1) is 0 Å². The van der Waals surface area contributed by atoms with Crippen LogP contribution in [0.15, 0.2) is 36.5 Å². The summed E-state index contributed by atoms with van der Waals surface area (Å²) in [6, 6.07) is 8.11. The Morgan fingerprint density at radius 2 is 1.85 bits per heavy atom. The van der Waals surface area contributed by atoms with Gasteiger partial charge in [-0.1, -0.05) is 12.5 Å². The number of alkyl halides is 2. The SMILES string of the molecule is CC1(C)C(=O)N(c2ccc3c(c2)N(S(C)(=O)=O)CC32CCC2)C(=O)N1Cc1ccnc(NCC2CC2(F)F)c1. The van der Waals surface area contributed by atoms with E-state index < -0.39 is 39.3 Å². The van der Waals surface area contributed by atoms with Crippen LogP contribution in [0.25, 0.3) is 0 Å². The number of benzene rings is 1. The minimum absolute atomic E-state index is 0.105. The van der Waals surface area contributed by atoms with Gasteiger partial charge in [-0.25, -0.2) is 31.9 Å². The number of pyridine rings is 1. The minimum atomic E-state index is -3.54. The standard InChI is InChI=1S/C27H31F2N5O4S/c1-25(2)23(35)34(19-5-6-20-21(12-19)33(39(3,37)38)16-26(20)8-4-9-26)24(36)32(25)15-17-7-10-30-22(11-17)31-14-18-13-27(18,28)29/h5-7,10-12,18H,4,8-9,13-16H2,1-3H3,(H,30,31). The molecule has 0 radical (unpaired) electrons. The molecular weight excluding hydrogens is 528 g/mol. The summed E-state index contributed by atoms with van der Waals surface area (Å²) in [5.41, 5.74) is 1.11. The molecule has 1 spiro atoms. The van der Waals surface area contributed by atoms with Gasteiger partial charge in [0, 0.05) is 43.6 Å². The van der Waals surface area contributed by atoms with E-state index >= 15 is 0 Å². The molecule has 2 aliphatic carbocycles. The van der Waals surface area contributed by atoms with Crippen LogP contribution in [0.4, 0.5) is 30.8 Å². The molecule has 208 valence electrons. The number of rotatable bonds is 7. The number of halogens is 2. The molecule has 1 aromatic carbocycles. The third-order valence-electron chi connectivity index (χ3n) is 8.71. The number of hydrogen-bond donors (Lipinski definition) is 1. The van der Waals surface area contributed by atoms with E-state index in [0.29, 0.717) is 29.3 Å². The van der Waals surface area contributed by atoms with Crippen molar-refractivity contribution in [2.45, 2.75) is 63.0 Å². The van der Waals surface area contributed by atoms with E-state index in [1.54, 1.807) is 38.1 Å². The second-order valence-electron chi connectivity index (χ2n) is 11.8. The fraction of sp³-hybridized carbons (Fsp3) is 0.519. The number of anilines is 3. The maximum atomic E-state index is 13.7. The van der Waals surface area contributed by atoms with Gasteiger partial charge in [0.05, 0.1) is 17.6 Å². The first-order valence-corrected chi connectivity index (χ1v) is 14.9. The first kappa shape index (κ1) is 26.0. The molecule has 2 aliphatic heterocycles. The molecule has 4 aliphatic rings. The fourth-order valence-electron chi connectivity index (χ4n) is 5.99. The van der Waals surface area contributed by atoms with E-state index in [4.69, 9.17) is 0 Å². The van der Waals surface area contributed by atoms with Gasteiger partial charge in [-0.05, 0) is 62.1 Å². The normalized spacial score (nSPS) is 24.2. The summed E-state index contributed by atoms with van der Waals surface area (Å²) < 4.78 is 53.1. The summed E-state index contributed by atoms with van der Waals surface area (Å²) in [6.07, 6.45) is 5.40. The van der Waals surface area contributed by atoms with Crippen LogP contribution in [0.2, 0.25) is 0 Å². The number of hydrogen-bond acceptors (Lipinski definition) is 6. The molecule has 3 heterocycles. The lowest BCUT2D eigenvalue weighted by Crippen LogP contribution is -2.43. The summed E-state index contributed by atoms with van der Waals surface area (Å²) in [5, 5.41) is 2.93. The predicted molar refractivity (Wildman–Crippen MR) is 142 cm³/mol. The van der Waals surface area contributed by atoms with E-state index in [-0.39, 0.29) is 24.9 Å². The number of carbonyl (C=O) groups excluding carboxylic acids is 2. The van der Waals surface area contributed by atoms with Gasteiger partial charge in [-0.2, -0.15) is 0 Å². The van der Waals surface area contributed by atoms with Crippen molar-refractivity contribution in [2.75, 3.05) is 33.9 Å². The Morgan fingerprint density at radius 3 is 2.46 bits per heavy atom. The number of carbonyl (C=O) groups is 2. The molecule has 3 fully saturated rings. The third-order valence-corrected chi connectivity index (χ3v) is 9.84. The molecule has 1 aromatic heterocycles. The zero-order valence-corrected chi connectivity index (χ0v) is 22.9. The van der Waals surface area contributed by atoms with Crippen LogP contribution in [0.1, 0.15) is 50.7 Å². The van der Waals surface area contributed by atoms with Crippen LogP contribution in [-0.2, 0) is 26.8 Å². The van der Waals surface area contributed by atoms with Crippen LogP contribution in [0.5, 0.6) is 0 Å². The van der Waals surface area contributed by atoms with Crippen molar-refractivity contribution in [2.24, 2.45) is 5.92 Å². The quantitative estimate of drug-likeness (QED) is 0.513. The summed E-state index contributed by atoms with van der Waals surface area (Å²) in [5.74, 6) is -3.34. The van der Waals surface area contributed by atoms with Gasteiger partial charge < -0.3 is 10.2 Å². The molecule has 39 heavy (non-hydrogen) atoms. The maximum absolute atomic E-state index is 13.7. The van der Waals surface area contributed by atoms with E-state index in [9.17, 15) is 26.8 Å². The molecule has 9 nitrogen and oxygen atoms in total. The molecule has 2 aromatic rings. The molecule has 1 N–H and O–H groups in total. The fourth-order valence-corrected chi connectivity index (χ4v) is 6.98. The van der Waals surface area contributed by atoms with Crippen LogP contribution in [0.3, 0.4) is 0 Å². The summed E-state index contributed by atoms with van der Waals surface area (Å²) in [6.45, 7) is 3.92. The molecular formula is C27H31F2N5O4S. The molecule has 12 heteroatoms.